The molecule has 0 fully saturated rings. The van der Waals surface area contributed by atoms with Gasteiger partial charge in [-0.15, -0.1) is 0 Å². The van der Waals surface area contributed by atoms with E-state index in [0.29, 0.717) is 22.8 Å². The fraction of sp³-hybridized carbons (Fsp3) is 0.300. The zero-order chi connectivity index (χ0) is 21.1. The van der Waals surface area contributed by atoms with Crippen LogP contribution in [0.4, 0.5) is 20.6 Å². The number of hydrogen-bond acceptors (Lipinski definition) is 5. The minimum Gasteiger partial charge on any atom is -0.447 e. The lowest BCUT2D eigenvalue weighted by atomic mass is 10.1. The van der Waals surface area contributed by atoms with Crippen LogP contribution < -0.4 is 10.6 Å². The number of anilines is 2. The molecule has 0 saturated heterocycles. The highest BCUT2D eigenvalue weighted by Crippen LogP contribution is 2.26. The van der Waals surface area contributed by atoms with Crippen molar-refractivity contribution in [3.05, 3.63) is 42.6 Å². The number of amides is 2. The summed E-state index contributed by atoms with van der Waals surface area (Å²) in [7, 11) is 0. The molecule has 2 heterocycles. The lowest BCUT2D eigenvalue weighted by molar-refractivity contribution is -0.118. The Morgan fingerprint density at radius 1 is 1.10 bits per heavy atom. The van der Waals surface area contributed by atoms with Crippen LogP contribution >= 0.6 is 0 Å². The monoisotopic (exact) mass is 399 g/mol. The number of rotatable bonds is 5. The van der Waals surface area contributed by atoms with Crippen LogP contribution in [0.2, 0.25) is 0 Å². The second-order valence-electron chi connectivity index (χ2n) is 7.09. The highest BCUT2D eigenvalue weighted by atomic mass is 19.1. The third-order valence-electron chi connectivity index (χ3n) is 3.93. The van der Waals surface area contributed by atoms with Gasteiger partial charge in [0.05, 0.1) is 23.7 Å². The maximum absolute atomic E-state index is 14.4. The van der Waals surface area contributed by atoms with E-state index < -0.39 is 11.9 Å². The summed E-state index contributed by atoms with van der Waals surface area (Å²) >= 11 is 0. The third kappa shape index (κ3) is 4.87. The maximum atomic E-state index is 14.4. The van der Waals surface area contributed by atoms with Crippen LogP contribution in [0.1, 0.15) is 27.7 Å². The molecule has 0 atom stereocenters. The lowest BCUT2D eigenvalue weighted by Gasteiger charge is -2.09. The number of carbonyl (C=O) groups is 2. The van der Waals surface area contributed by atoms with Crippen molar-refractivity contribution in [3.63, 3.8) is 0 Å². The van der Waals surface area contributed by atoms with Gasteiger partial charge < -0.3 is 10.1 Å². The van der Waals surface area contributed by atoms with Gasteiger partial charge in [-0.05, 0) is 32.0 Å². The molecule has 8 nitrogen and oxygen atoms in total. The van der Waals surface area contributed by atoms with E-state index in [1.54, 1.807) is 44.5 Å². The smallest absolute Gasteiger partial charge is 0.411 e. The molecule has 9 heteroatoms. The van der Waals surface area contributed by atoms with E-state index >= 15 is 0 Å². The summed E-state index contributed by atoms with van der Waals surface area (Å²) in [6.45, 7) is 7.04. The maximum Gasteiger partial charge on any atom is 0.411 e. The van der Waals surface area contributed by atoms with Gasteiger partial charge in [0.25, 0.3) is 0 Å². The normalized spacial score (nSPS) is 11.1. The molecule has 0 unspecified atom stereocenters. The molecule has 2 aromatic heterocycles. The molecule has 2 amide bonds. The average molecular weight is 399 g/mol. The Bertz CT molecular complexity index is 1060. The molecular formula is C20H22FN5O3. The van der Waals surface area contributed by atoms with Crippen LogP contribution in [0.5, 0.6) is 0 Å². The van der Waals surface area contributed by atoms with E-state index in [9.17, 15) is 14.0 Å². The zero-order valence-electron chi connectivity index (χ0n) is 16.6. The summed E-state index contributed by atoms with van der Waals surface area (Å²) < 4.78 is 21.0. The quantitative estimate of drug-likeness (QED) is 0.674. The van der Waals surface area contributed by atoms with Crippen molar-refractivity contribution in [2.75, 3.05) is 10.6 Å². The van der Waals surface area contributed by atoms with E-state index in [-0.39, 0.29) is 23.5 Å². The number of nitrogens with one attached hydrogen (secondary N) is 2. The third-order valence-corrected chi connectivity index (χ3v) is 3.93. The number of benzene rings is 1. The molecule has 3 rings (SSSR count). The molecular weight excluding hydrogens is 377 g/mol. The van der Waals surface area contributed by atoms with Crippen molar-refractivity contribution in [1.29, 1.82) is 0 Å². The highest BCUT2D eigenvalue weighted by Gasteiger charge is 2.14. The Hall–Kier alpha value is -3.49. The number of hydrogen-bond donors (Lipinski definition) is 2. The van der Waals surface area contributed by atoms with E-state index in [1.165, 1.54) is 24.4 Å². The first-order chi connectivity index (χ1) is 13.7. The van der Waals surface area contributed by atoms with Crippen LogP contribution in [-0.4, -0.2) is 32.5 Å². The summed E-state index contributed by atoms with van der Waals surface area (Å²) in [4.78, 5) is 32.1. The predicted octanol–water partition coefficient (Wildman–Crippen LogP) is 4.09. The van der Waals surface area contributed by atoms with Gasteiger partial charge in [0, 0.05) is 29.6 Å². The first-order valence-corrected chi connectivity index (χ1v) is 9.16. The highest BCUT2D eigenvalue weighted by molar-refractivity contribution is 5.92. The number of carbonyl (C=O) groups excluding carboxylic acids is 2. The van der Waals surface area contributed by atoms with Crippen LogP contribution in [0.25, 0.3) is 17.0 Å². The Kier molecular flexibility index (Phi) is 5.76. The summed E-state index contributed by atoms with van der Waals surface area (Å²) in [5.41, 5.74) is 1.46. The minimum atomic E-state index is -0.596. The topological polar surface area (TPSA) is 97.6 Å². The summed E-state index contributed by atoms with van der Waals surface area (Å²) in [6, 6.07) is 4.30. The Balaban J connectivity index is 1.88. The van der Waals surface area contributed by atoms with Gasteiger partial charge in [-0.2, -0.15) is 0 Å². The number of ether oxygens (including phenoxy) is 1. The molecule has 0 bridgehead atoms. The summed E-state index contributed by atoms with van der Waals surface area (Å²) in [5.74, 6) is -0.506. The molecule has 0 radical (unpaired) electrons. The van der Waals surface area contributed by atoms with Crippen molar-refractivity contribution >= 4 is 29.2 Å². The minimum absolute atomic E-state index is 0.164. The second kappa shape index (κ2) is 8.26. The second-order valence-corrected chi connectivity index (χ2v) is 7.09. The fourth-order valence-electron chi connectivity index (χ4n) is 2.53. The average Bonchev–Trinajstić information content (AvgIpc) is 3.05. The van der Waals surface area contributed by atoms with Crippen molar-refractivity contribution in [2.24, 2.45) is 5.92 Å². The van der Waals surface area contributed by atoms with Crippen LogP contribution in [0.3, 0.4) is 0 Å². The van der Waals surface area contributed by atoms with Gasteiger partial charge >= 0.3 is 6.09 Å². The number of fused-ring (bicyclic) bond motifs is 1. The number of halogens is 1. The largest absolute Gasteiger partial charge is 0.447 e. The zero-order valence-corrected chi connectivity index (χ0v) is 16.6. The fourth-order valence-corrected chi connectivity index (χ4v) is 2.53. The lowest BCUT2D eigenvalue weighted by Crippen LogP contribution is -2.18. The Morgan fingerprint density at radius 3 is 2.55 bits per heavy atom. The summed E-state index contributed by atoms with van der Waals surface area (Å²) in [5, 5.41) is 5.31. The number of imidazole rings is 1. The summed E-state index contributed by atoms with van der Waals surface area (Å²) in [6.07, 6.45) is 3.78. The molecule has 0 aliphatic rings. The van der Waals surface area contributed by atoms with Gasteiger partial charge in [-0.25, -0.2) is 19.2 Å². The molecule has 29 heavy (non-hydrogen) atoms. The van der Waals surface area contributed by atoms with Crippen LogP contribution in [0.15, 0.2) is 36.8 Å². The van der Waals surface area contributed by atoms with Gasteiger partial charge in [0.1, 0.15) is 5.82 Å². The van der Waals surface area contributed by atoms with Crippen molar-refractivity contribution < 1.29 is 18.7 Å². The Labute approximate surface area is 167 Å². The molecule has 0 saturated carbocycles. The van der Waals surface area contributed by atoms with Crippen LogP contribution in [0, 0.1) is 11.7 Å². The van der Waals surface area contributed by atoms with E-state index in [0.717, 1.165) is 0 Å². The number of aromatic nitrogens is 3. The molecule has 0 aliphatic heterocycles. The molecule has 2 N–H and O–H groups in total. The van der Waals surface area contributed by atoms with E-state index in [4.69, 9.17) is 4.74 Å². The standard InChI is InChI=1S/C20H22FN5O3/c1-11(2)18(27)23-13-5-6-16(21)15(7-13)17-10-26-9-14(8-22-19(26)25-17)24-20(28)29-12(3)4/h5-12H,1-4H3,(H,23,27)(H,24,28). The van der Waals surface area contributed by atoms with E-state index in [2.05, 4.69) is 20.6 Å². The molecule has 152 valence electrons. The van der Waals surface area contributed by atoms with Gasteiger partial charge in [0.15, 0.2) is 0 Å². The van der Waals surface area contributed by atoms with Crippen molar-refractivity contribution in [1.82, 2.24) is 14.4 Å². The molecule has 0 aliphatic carbocycles. The SMILES string of the molecule is CC(C)OC(=O)Nc1cnc2nc(-c3cc(NC(=O)C(C)C)ccc3F)cn2c1. The van der Waals surface area contributed by atoms with Gasteiger partial charge in [0.2, 0.25) is 11.7 Å². The molecule has 1 aromatic carbocycles. The molecule has 0 spiro atoms. The van der Waals surface area contributed by atoms with Gasteiger partial charge in [-0.3, -0.25) is 14.5 Å². The number of nitrogens with zero attached hydrogens (tertiary/aromatic N) is 3. The first-order valence-electron chi connectivity index (χ1n) is 9.16. The predicted molar refractivity (Wildman–Crippen MR) is 107 cm³/mol. The van der Waals surface area contributed by atoms with Gasteiger partial charge in [-0.1, -0.05) is 13.8 Å². The van der Waals surface area contributed by atoms with Crippen molar-refractivity contribution in [3.8, 4) is 11.3 Å². The Morgan fingerprint density at radius 2 is 1.86 bits per heavy atom. The van der Waals surface area contributed by atoms with E-state index in [1.807, 2.05) is 0 Å². The molecule has 3 aromatic rings. The van der Waals surface area contributed by atoms with Crippen LogP contribution in [-0.2, 0) is 9.53 Å². The first kappa shape index (κ1) is 20.2. The van der Waals surface area contributed by atoms with Crippen molar-refractivity contribution in [2.45, 2.75) is 33.8 Å².